The number of rotatable bonds is 8. The lowest BCUT2D eigenvalue weighted by molar-refractivity contribution is 0.152. The van der Waals surface area contributed by atoms with Gasteiger partial charge in [0.15, 0.2) is 0 Å². The minimum Gasteiger partial charge on any atom is -0.384 e. The van der Waals surface area contributed by atoms with Crippen LogP contribution in [0.1, 0.15) is 31.4 Å². The molecule has 0 spiro atoms. The molecule has 1 saturated heterocycles. The quantitative estimate of drug-likeness (QED) is 0.797. The number of methoxy groups -OCH3 is 1. The van der Waals surface area contributed by atoms with E-state index in [9.17, 15) is 0 Å². The van der Waals surface area contributed by atoms with E-state index in [0.717, 1.165) is 26.2 Å². The van der Waals surface area contributed by atoms with Gasteiger partial charge in [0.25, 0.3) is 0 Å². The van der Waals surface area contributed by atoms with E-state index in [1.54, 1.807) is 7.11 Å². The molecule has 0 aromatic heterocycles. The van der Waals surface area contributed by atoms with Crippen molar-refractivity contribution >= 4 is 0 Å². The van der Waals surface area contributed by atoms with Gasteiger partial charge in [0.2, 0.25) is 0 Å². The molecule has 1 aliphatic heterocycles. The summed E-state index contributed by atoms with van der Waals surface area (Å²) in [5, 5.41) is 3.52. The summed E-state index contributed by atoms with van der Waals surface area (Å²) in [5.74, 6) is 1.42. The summed E-state index contributed by atoms with van der Waals surface area (Å²) in [4.78, 5) is 2.55. The normalized spacial score (nSPS) is 19.5. The monoisotopic (exact) mass is 290 g/mol. The van der Waals surface area contributed by atoms with Crippen LogP contribution in [0.3, 0.4) is 0 Å². The van der Waals surface area contributed by atoms with E-state index in [1.165, 1.54) is 30.6 Å². The molecule has 1 unspecified atom stereocenters. The van der Waals surface area contributed by atoms with Crippen molar-refractivity contribution < 1.29 is 4.74 Å². The summed E-state index contributed by atoms with van der Waals surface area (Å²) in [6, 6.07) is 8.99. The van der Waals surface area contributed by atoms with Crippen LogP contribution in [-0.4, -0.2) is 38.3 Å². The Hall–Kier alpha value is -0.900. The molecule has 1 atom stereocenters. The number of hydrogen-bond donors (Lipinski definition) is 1. The molecule has 1 N–H and O–H groups in total. The minimum atomic E-state index is 0.704. The molecule has 1 fully saturated rings. The first-order valence-corrected chi connectivity index (χ1v) is 8.17. The van der Waals surface area contributed by atoms with Crippen molar-refractivity contribution in [1.29, 1.82) is 0 Å². The second kappa shape index (κ2) is 8.52. The zero-order valence-electron chi connectivity index (χ0n) is 13.8. The SMILES string of the molecule is COCC1CCN(Cc2cccc(CNCC(C)C)c2)C1. The van der Waals surface area contributed by atoms with Gasteiger partial charge in [-0.25, -0.2) is 0 Å². The van der Waals surface area contributed by atoms with Gasteiger partial charge in [0.05, 0.1) is 6.61 Å². The summed E-state index contributed by atoms with van der Waals surface area (Å²) in [6.07, 6.45) is 1.27. The molecule has 0 saturated carbocycles. The zero-order chi connectivity index (χ0) is 15.1. The van der Waals surface area contributed by atoms with Crippen LogP contribution in [-0.2, 0) is 17.8 Å². The average molecular weight is 290 g/mol. The number of benzene rings is 1. The van der Waals surface area contributed by atoms with Gasteiger partial charge in [-0.15, -0.1) is 0 Å². The van der Waals surface area contributed by atoms with Crippen molar-refractivity contribution in [3.05, 3.63) is 35.4 Å². The molecule has 0 amide bonds. The van der Waals surface area contributed by atoms with Gasteiger partial charge in [-0.2, -0.15) is 0 Å². The lowest BCUT2D eigenvalue weighted by Gasteiger charge is -2.16. The van der Waals surface area contributed by atoms with E-state index in [-0.39, 0.29) is 0 Å². The third-order valence-electron chi connectivity index (χ3n) is 4.05. The second-order valence-corrected chi connectivity index (χ2v) is 6.69. The molecule has 1 aliphatic rings. The Bertz CT molecular complexity index is 419. The Morgan fingerprint density at radius 2 is 2.14 bits per heavy atom. The van der Waals surface area contributed by atoms with Crippen LogP contribution in [0, 0.1) is 11.8 Å². The lowest BCUT2D eigenvalue weighted by atomic mass is 10.1. The Morgan fingerprint density at radius 1 is 1.33 bits per heavy atom. The Morgan fingerprint density at radius 3 is 2.90 bits per heavy atom. The molecule has 118 valence electrons. The van der Waals surface area contributed by atoms with Gasteiger partial charge in [-0.3, -0.25) is 4.90 Å². The van der Waals surface area contributed by atoms with Crippen LogP contribution in [0.4, 0.5) is 0 Å². The number of likely N-dealkylation sites (tertiary alicyclic amines) is 1. The largest absolute Gasteiger partial charge is 0.384 e. The molecule has 21 heavy (non-hydrogen) atoms. The maximum Gasteiger partial charge on any atom is 0.0503 e. The highest BCUT2D eigenvalue weighted by atomic mass is 16.5. The highest BCUT2D eigenvalue weighted by Crippen LogP contribution is 2.19. The summed E-state index contributed by atoms with van der Waals surface area (Å²) < 4.78 is 5.27. The summed E-state index contributed by atoms with van der Waals surface area (Å²) in [5.41, 5.74) is 2.82. The molecule has 1 aromatic carbocycles. The Balaban J connectivity index is 1.81. The highest BCUT2D eigenvalue weighted by Gasteiger charge is 2.22. The van der Waals surface area contributed by atoms with Crippen LogP contribution in [0.15, 0.2) is 24.3 Å². The van der Waals surface area contributed by atoms with Crippen molar-refractivity contribution in [2.75, 3.05) is 33.4 Å². The first-order valence-electron chi connectivity index (χ1n) is 8.17. The van der Waals surface area contributed by atoms with Crippen LogP contribution >= 0.6 is 0 Å². The van der Waals surface area contributed by atoms with Gasteiger partial charge in [-0.1, -0.05) is 38.1 Å². The van der Waals surface area contributed by atoms with Crippen molar-refractivity contribution in [3.63, 3.8) is 0 Å². The van der Waals surface area contributed by atoms with Gasteiger partial charge in [0, 0.05) is 26.7 Å². The molecule has 0 bridgehead atoms. The number of ether oxygens (including phenoxy) is 1. The fraction of sp³-hybridized carbons (Fsp3) is 0.667. The molecule has 1 heterocycles. The fourth-order valence-corrected chi connectivity index (χ4v) is 3.03. The second-order valence-electron chi connectivity index (χ2n) is 6.69. The summed E-state index contributed by atoms with van der Waals surface area (Å²) in [7, 11) is 1.80. The standard InChI is InChI=1S/C18H30N2O/c1-15(2)10-19-11-16-5-4-6-17(9-16)12-20-8-7-18(13-20)14-21-3/h4-6,9,15,18-19H,7-8,10-14H2,1-3H3. The average Bonchev–Trinajstić information content (AvgIpc) is 2.86. The van der Waals surface area contributed by atoms with Crippen molar-refractivity contribution in [3.8, 4) is 0 Å². The van der Waals surface area contributed by atoms with E-state index in [2.05, 4.69) is 48.3 Å². The van der Waals surface area contributed by atoms with E-state index < -0.39 is 0 Å². The smallest absolute Gasteiger partial charge is 0.0503 e. The molecule has 1 aromatic rings. The van der Waals surface area contributed by atoms with Crippen molar-refractivity contribution in [2.24, 2.45) is 11.8 Å². The molecule has 2 rings (SSSR count). The first-order chi connectivity index (χ1) is 10.2. The molecule has 3 nitrogen and oxygen atoms in total. The maximum atomic E-state index is 5.27. The third kappa shape index (κ3) is 5.77. The molecule has 0 radical (unpaired) electrons. The van der Waals surface area contributed by atoms with E-state index in [4.69, 9.17) is 4.74 Å². The Labute approximate surface area is 129 Å². The number of hydrogen-bond acceptors (Lipinski definition) is 3. The summed E-state index contributed by atoms with van der Waals surface area (Å²) in [6.45, 7) is 10.9. The zero-order valence-corrected chi connectivity index (χ0v) is 13.8. The minimum absolute atomic E-state index is 0.704. The third-order valence-corrected chi connectivity index (χ3v) is 4.05. The van der Waals surface area contributed by atoms with Crippen molar-refractivity contribution in [1.82, 2.24) is 10.2 Å². The molecular weight excluding hydrogens is 260 g/mol. The topological polar surface area (TPSA) is 24.5 Å². The number of nitrogens with zero attached hydrogens (tertiary/aromatic N) is 1. The predicted octanol–water partition coefficient (Wildman–Crippen LogP) is 2.90. The highest BCUT2D eigenvalue weighted by molar-refractivity contribution is 5.23. The van der Waals surface area contributed by atoms with E-state index in [1.807, 2.05) is 0 Å². The molecular formula is C18H30N2O. The first kappa shape index (κ1) is 16.5. The van der Waals surface area contributed by atoms with Gasteiger partial charge < -0.3 is 10.1 Å². The van der Waals surface area contributed by atoms with Gasteiger partial charge in [0.1, 0.15) is 0 Å². The van der Waals surface area contributed by atoms with Crippen LogP contribution < -0.4 is 5.32 Å². The van der Waals surface area contributed by atoms with E-state index >= 15 is 0 Å². The maximum absolute atomic E-state index is 5.27. The van der Waals surface area contributed by atoms with Crippen molar-refractivity contribution in [2.45, 2.75) is 33.4 Å². The van der Waals surface area contributed by atoms with Crippen LogP contribution in [0.5, 0.6) is 0 Å². The van der Waals surface area contributed by atoms with Gasteiger partial charge >= 0.3 is 0 Å². The van der Waals surface area contributed by atoms with Crippen LogP contribution in [0.2, 0.25) is 0 Å². The molecule has 0 aliphatic carbocycles. The van der Waals surface area contributed by atoms with Gasteiger partial charge in [-0.05, 0) is 42.5 Å². The van der Waals surface area contributed by atoms with E-state index in [0.29, 0.717) is 11.8 Å². The molecule has 3 heteroatoms. The summed E-state index contributed by atoms with van der Waals surface area (Å²) >= 11 is 0. The number of nitrogens with one attached hydrogen (secondary N) is 1. The fourth-order valence-electron chi connectivity index (χ4n) is 3.03. The Kier molecular flexibility index (Phi) is 6.68. The lowest BCUT2D eigenvalue weighted by Crippen LogP contribution is -2.22. The van der Waals surface area contributed by atoms with Crippen LogP contribution in [0.25, 0.3) is 0 Å². The predicted molar refractivity (Wildman–Crippen MR) is 88.2 cm³/mol.